The van der Waals surface area contributed by atoms with Crippen molar-refractivity contribution in [2.75, 3.05) is 6.54 Å². The standard InChI is InChI=1S/C20H17F2N7O2/c1-20(12-8-26-29(2)10-12,17-4-3-5-25-27-17)11-24-19(30)16-7-15(28-31-16)13-9-23-18(22)6-14(13)21/h3-10H,11H2,1-2H3,(H,24,30). The summed E-state index contributed by atoms with van der Waals surface area (Å²) in [4.78, 5) is 16.1. The number of pyridine rings is 1. The van der Waals surface area contributed by atoms with E-state index in [1.807, 2.05) is 19.2 Å². The smallest absolute Gasteiger partial charge is 0.289 e. The Morgan fingerprint density at radius 2 is 2.13 bits per heavy atom. The zero-order valence-electron chi connectivity index (χ0n) is 16.6. The third-order valence-electron chi connectivity index (χ3n) is 4.91. The molecule has 0 aliphatic rings. The van der Waals surface area contributed by atoms with E-state index >= 15 is 0 Å². The van der Waals surface area contributed by atoms with E-state index in [9.17, 15) is 13.6 Å². The topological polar surface area (TPSA) is 112 Å². The van der Waals surface area contributed by atoms with Gasteiger partial charge in [-0.1, -0.05) is 5.16 Å². The molecule has 158 valence electrons. The molecule has 1 atom stereocenters. The highest BCUT2D eigenvalue weighted by Crippen LogP contribution is 2.29. The van der Waals surface area contributed by atoms with Crippen molar-refractivity contribution in [3.63, 3.8) is 0 Å². The molecule has 11 heteroatoms. The van der Waals surface area contributed by atoms with Crippen molar-refractivity contribution in [2.24, 2.45) is 7.05 Å². The first-order valence-corrected chi connectivity index (χ1v) is 9.20. The van der Waals surface area contributed by atoms with Crippen LogP contribution in [0, 0.1) is 11.8 Å². The molecule has 4 rings (SSSR count). The van der Waals surface area contributed by atoms with Crippen molar-refractivity contribution in [2.45, 2.75) is 12.3 Å². The Bertz CT molecular complexity index is 1230. The van der Waals surface area contributed by atoms with E-state index in [-0.39, 0.29) is 23.6 Å². The third kappa shape index (κ3) is 4.02. The van der Waals surface area contributed by atoms with E-state index in [0.717, 1.165) is 11.8 Å². The van der Waals surface area contributed by atoms with E-state index in [2.05, 4.69) is 30.8 Å². The second-order valence-electron chi connectivity index (χ2n) is 7.09. The highest BCUT2D eigenvalue weighted by atomic mass is 19.1. The van der Waals surface area contributed by atoms with Crippen molar-refractivity contribution in [3.8, 4) is 11.3 Å². The van der Waals surface area contributed by atoms with E-state index < -0.39 is 23.1 Å². The number of aryl methyl sites for hydroxylation is 1. The van der Waals surface area contributed by atoms with E-state index in [1.165, 1.54) is 6.07 Å². The van der Waals surface area contributed by atoms with Gasteiger partial charge in [-0.15, -0.1) is 0 Å². The minimum Gasteiger partial charge on any atom is -0.350 e. The molecule has 1 amide bonds. The summed E-state index contributed by atoms with van der Waals surface area (Å²) in [6, 6.07) is 5.46. The number of carbonyl (C=O) groups excluding carboxylic acids is 1. The van der Waals surface area contributed by atoms with Crippen molar-refractivity contribution in [1.29, 1.82) is 0 Å². The average molecular weight is 425 g/mol. The van der Waals surface area contributed by atoms with Crippen molar-refractivity contribution in [3.05, 3.63) is 77.8 Å². The summed E-state index contributed by atoms with van der Waals surface area (Å²) < 4.78 is 33.7. The maximum Gasteiger partial charge on any atom is 0.289 e. The van der Waals surface area contributed by atoms with Gasteiger partial charge < -0.3 is 9.84 Å². The van der Waals surface area contributed by atoms with Gasteiger partial charge >= 0.3 is 0 Å². The second kappa shape index (κ2) is 8.01. The zero-order chi connectivity index (χ0) is 22.0. The van der Waals surface area contributed by atoms with Gasteiger partial charge in [0.05, 0.1) is 22.9 Å². The van der Waals surface area contributed by atoms with Crippen LogP contribution in [0.15, 0.2) is 53.6 Å². The van der Waals surface area contributed by atoms with Gasteiger partial charge in [0.1, 0.15) is 11.5 Å². The molecule has 0 radical (unpaired) electrons. The Balaban J connectivity index is 1.56. The summed E-state index contributed by atoms with van der Waals surface area (Å²) in [6.45, 7) is 2.05. The quantitative estimate of drug-likeness (QED) is 0.472. The molecule has 0 bridgehead atoms. The van der Waals surface area contributed by atoms with Crippen molar-refractivity contribution >= 4 is 5.91 Å². The molecule has 0 fully saturated rings. The van der Waals surface area contributed by atoms with Gasteiger partial charge in [-0.3, -0.25) is 9.48 Å². The minimum atomic E-state index is -0.957. The molecule has 0 aromatic carbocycles. The number of rotatable bonds is 6. The lowest BCUT2D eigenvalue weighted by atomic mass is 9.80. The fourth-order valence-corrected chi connectivity index (χ4v) is 3.09. The average Bonchev–Trinajstić information content (AvgIpc) is 3.42. The maximum absolute atomic E-state index is 13.9. The second-order valence-corrected chi connectivity index (χ2v) is 7.09. The van der Waals surface area contributed by atoms with Crippen LogP contribution in [0.1, 0.15) is 28.7 Å². The van der Waals surface area contributed by atoms with Crippen LogP contribution in [-0.2, 0) is 12.5 Å². The molecular formula is C20H17F2N7O2. The number of nitrogens with one attached hydrogen (secondary N) is 1. The molecule has 4 aromatic heterocycles. The number of carbonyl (C=O) groups is 1. The first-order chi connectivity index (χ1) is 14.9. The summed E-state index contributed by atoms with van der Waals surface area (Å²) in [5.41, 5.74) is 0.686. The predicted molar refractivity (Wildman–Crippen MR) is 104 cm³/mol. The van der Waals surface area contributed by atoms with Gasteiger partial charge in [-0.2, -0.15) is 19.7 Å². The summed E-state index contributed by atoms with van der Waals surface area (Å²) >= 11 is 0. The molecule has 1 unspecified atom stereocenters. The molecule has 1 N–H and O–H groups in total. The van der Waals surface area contributed by atoms with Gasteiger partial charge in [0, 0.05) is 49.9 Å². The normalized spacial score (nSPS) is 13.0. The van der Waals surface area contributed by atoms with Crippen LogP contribution in [0.2, 0.25) is 0 Å². The van der Waals surface area contributed by atoms with E-state index in [0.29, 0.717) is 11.8 Å². The predicted octanol–water partition coefficient (Wildman–Crippen LogP) is 2.27. The summed E-state index contributed by atoms with van der Waals surface area (Å²) in [5, 5.41) is 18.8. The van der Waals surface area contributed by atoms with Crippen LogP contribution in [-0.4, -0.2) is 42.6 Å². The number of nitrogens with zero attached hydrogens (tertiary/aromatic N) is 6. The lowest BCUT2D eigenvalue weighted by molar-refractivity contribution is 0.0910. The van der Waals surface area contributed by atoms with Gasteiger partial charge in [0.2, 0.25) is 11.7 Å². The van der Waals surface area contributed by atoms with Crippen molar-refractivity contribution < 1.29 is 18.1 Å². The fourth-order valence-electron chi connectivity index (χ4n) is 3.09. The summed E-state index contributed by atoms with van der Waals surface area (Å²) in [7, 11) is 1.79. The highest BCUT2D eigenvalue weighted by Gasteiger charge is 2.33. The van der Waals surface area contributed by atoms with E-state index in [4.69, 9.17) is 4.52 Å². The molecule has 0 aliphatic heterocycles. The fraction of sp³-hybridized carbons (Fsp3) is 0.200. The maximum atomic E-state index is 13.9. The Labute approximate surface area is 175 Å². The molecule has 0 spiro atoms. The number of halogens is 2. The Morgan fingerprint density at radius 3 is 2.81 bits per heavy atom. The Hall–Kier alpha value is -4.02. The van der Waals surface area contributed by atoms with Gasteiger partial charge in [-0.05, 0) is 19.1 Å². The lowest BCUT2D eigenvalue weighted by Crippen LogP contribution is -2.40. The SMILES string of the molecule is Cn1cc(C(C)(CNC(=O)c2cc(-c3cnc(F)cc3F)no2)c2cccnn2)cn1. The molecule has 4 aromatic rings. The van der Waals surface area contributed by atoms with Gasteiger partial charge in [0.25, 0.3) is 5.91 Å². The van der Waals surface area contributed by atoms with E-state index in [1.54, 1.807) is 30.2 Å². The number of amides is 1. The van der Waals surface area contributed by atoms with Crippen LogP contribution in [0.3, 0.4) is 0 Å². The number of aromatic nitrogens is 6. The van der Waals surface area contributed by atoms with Crippen LogP contribution in [0.25, 0.3) is 11.3 Å². The third-order valence-corrected chi connectivity index (χ3v) is 4.91. The number of hydrogen-bond acceptors (Lipinski definition) is 7. The van der Waals surface area contributed by atoms with Gasteiger partial charge in [0.15, 0.2) is 0 Å². The summed E-state index contributed by atoms with van der Waals surface area (Å²) in [6.07, 6.45) is 6.07. The van der Waals surface area contributed by atoms with Crippen LogP contribution in [0.5, 0.6) is 0 Å². The first-order valence-electron chi connectivity index (χ1n) is 9.20. The Kier molecular flexibility index (Phi) is 5.24. The molecule has 0 saturated carbocycles. The van der Waals surface area contributed by atoms with Crippen LogP contribution in [0.4, 0.5) is 8.78 Å². The molecule has 31 heavy (non-hydrogen) atoms. The largest absolute Gasteiger partial charge is 0.350 e. The molecular weight excluding hydrogens is 408 g/mol. The summed E-state index contributed by atoms with van der Waals surface area (Å²) in [5.74, 6) is -2.51. The molecule has 4 heterocycles. The molecule has 0 aliphatic carbocycles. The van der Waals surface area contributed by atoms with Crippen LogP contribution < -0.4 is 5.32 Å². The monoisotopic (exact) mass is 425 g/mol. The highest BCUT2D eigenvalue weighted by molar-refractivity contribution is 5.92. The lowest BCUT2D eigenvalue weighted by Gasteiger charge is -2.27. The molecule has 9 nitrogen and oxygen atoms in total. The van der Waals surface area contributed by atoms with Gasteiger partial charge in [-0.25, -0.2) is 9.37 Å². The Morgan fingerprint density at radius 1 is 1.29 bits per heavy atom. The van der Waals surface area contributed by atoms with Crippen molar-refractivity contribution in [1.82, 2.24) is 35.4 Å². The van der Waals surface area contributed by atoms with Crippen LogP contribution >= 0.6 is 0 Å². The first kappa shape index (κ1) is 20.3. The number of hydrogen-bond donors (Lipinski definition) is 1. The zero-order valence-corrected chi connectivity index (χ0v) is 16.6. The minimum absolute atomic E-state index is 0.0269. The molecule has 0 saturated heterocycles.